The van der Waals surface area contributed by atoms with Gasteiger partial charge in [0.2, 0.25) is 5.91 Å². The SMILES string of the molecule is CN=C(NCCNC(=O)C1CC1)NCc1ccc(C)cc1OC1CCCC1. The fourth-order valence-electron chi connectivity index (χ4n) is 3.36. The standard InChI is InChI=1S/C21H32N4O2/c1-15-7-8-17(19(13-15)27-18-5-3-4-6-18)14-25-21(22-2)24-12-11-23-20(26)16-9-10-16/h7-8,13,16,18H,3-6,9-12,14H2,1-2H3,(H,23,26)(H2,22,24,25). The second kappa shape index (κ2) is 9.62. The van der Waals surface area contributed by atoms with Gasteiger partial charge in [-0.15, -0.1) is 0 Å². The Morgan fingerprint density at radius 1 is 1.11 bits per heavy atom. The van der Waals surface area contributed by atoms with E-state index >= 15 is 0 Å². The number of aliphatic imine (C=N–C) groups is 1. The number of aryl methyl sites for hydroxylation is 1. The average Bonchev–Trinajstić information content (AvgIpc) is 3.40. The molecule has 0 unspecified atom stereocenters. The number of hydrogen-bond donors (Lipinski definition) is 3. The van der Waals surface area contributed by atoms with Crippen LogP contribution in [0.1, 0.15) is 49.7 Å². The summed E-state index contributed by atoms with van der Waals surface area (Å²) in [5.74, 6) is 2.12. The van der Waals surface area contributed by atoms with Crippen LogP contribution in [0.5, 0.6) is 5.75 Å². The lowest BCUT2D eigenvalue weighted by atomic mass is 10.1. The maximum absolute atomic E-state index is 11.6. The Labute approximate surface area is 162 Å². The highest BCUT2D eigenvalue weighted by molar-refractivity contribution is 5.81. The molecule has 1 amide bonds. The molecule has 0 bridgehead atoms. The minimum Gasteiger partial charge on any atom is -0.490 e. The van der Waals surface area contributed by atoms with Crippen molar-refractivity contribution < 1.29 is 9.53 Å². The van der Waals surface area contributed by atoms with Gasteiger partial charge in [0.15, 0.2) is 5.96 Å². The van der Waals surface area contributed by atoms with Crippen molar-refractivity contribution in [1.82, 2.24) is 16.0 Å². The predicted octanol–water partition coefficient (Wildman–Crippen LogP) is 2.51. The van der Waals surface area contributed by atoms with Gasteiger partial charge in [-0.05, 0) is 57.1 Å². The molecule has 0 spiro atoms. The maximum Gasteiger partial charge on any atom is 0.223 e. The van der Waals surface area contributed by atoms with E-state index in [9.17, 15) is 4.79 Å². The van der Waals surface area contributed by atoms with E-state index in [4.69, 9.17) is 4.74 Å². The van der Waals surface area contributed by atoms with E-state index in [-0.39, 0.29) is 11.8 Å². The van der Waals surface area contributed by atoms with E-state index in [1.54, 1.807) is 7.05 Å². The molecule has 0 saturated heterocycles. The summed E-state index contributed by atoms with van der Waals surface area (Å²) in [6, 6.07) is 6.36. The molecule has 3 rings (SSSR count). The molecule has 148 valence electrons. The second-order valence-corrected chi connectivity index (χ2v) is 7.55. The molecule has 0 heterocycles. The minimum absolute atomic E-state index is 0.174. The summed E-state index contributed by atoms with van der Waals surface area (Å²) in [5.41, 5.74) is 2.35. The van der Waals surface area contributed by atoms with Crippen LogP contribution in [0, 0.1) is 12.8 Å². The fourth-order valence-corrected chi connectivity index (χ4v) is 3.36. The van der Waals surface area contributed by atoms with Gasteiger partial charge >= 0.3 is 0 Å². The van der Waals surface area contributed by atoms with Crippen molar-refractivity contribution in [2.75, 3.05) is 20.1 Å². The first kappa shape index (κ1) is 19.5. The Bertz CT molecular complexity index is 664. The molecule has 0 atom stereocenters. The number of carbonyl (C=O) groups excluding carboxylic acids is 1. The van der Waals surface area contributed by atoms with Gasteiger partial charge in [-0.1, -0.05) is 12.1 Å². The molecule has 3 N–H and O–H groups in total. The first-order chi connectivity index (χ1) is 13.2. The molecule has 1 aromatic rings. The van der Waals surface area contributed by atoms with Gasteiger partial charge < -0.3 is 20.7 Å². The number of nitrogens with zero attached hydrogens (tertiary/aromatic N) is 1. The van der Waals surface area contributed by atoms with Crippen LogP contribution in [0.2, 0.25) is 0 Å². The van der Waals surface area contributed by atoms with Crippen molar-refractivity contribution in [2.24, 2.45) is 10.9 Å². The van der Waals surface area contributed by atoms with Gasteiger partial charge in [-0.2, -0.15) is 0 Å². The molecular weight excluding hydrogens is 340 g/mol. The molecule has 1 aromatic carbocycles. The second-order valence-electron chi connectivity index (χ2n) is 7.55. The summed E-state index contributed by atoms with van der Waals surface area (Å²) in [6.45, 7) is 4.00. The third kappa shape index (κ3) is 6.15. The zero-order chi connectivity index (χ0) is 19.1. The Balaban J connectivity index is 1.46. The van der Waals surface area contributed by atoms with Gasteiger partial charge in [-0.25, -0.2) is 0 Å². The predicted molar refractivity (Wildman–Crippen MR) is 108 cm³/mol. The van der Waals surface area contributed by atoms with Crippen LogP contribution in [0.4, 0.5) is 0 Å². The lowest BCUT2D eigenvalue weighted by Gasteiger charge is -2.18. The zero-order valence-electron chi connectivity index (χ0n) is 16.5. The van der Waals surface area contributed by atoms with Gasteiger partial charge in [0.1, 0.15) is 5.75 Å². The first-order valence-corrected chi connectivity index (χ1v) is 10.1. The third-order valence-electron chi connectivity index (χ3n) is 5.15. The number of carbonyl (C=O) groups is 1. The summed E-state index contributed by atoms with van der Waals surface area (Å²) in [6.07, 6.45) is 7.23. The van der Waals surface area contributed by atoms with E-state index in [0.717, 1.165) is 43.0 Å². The molecule has 0 aromatic heterocycles. The molecular formula is C21H32N4O2. The Kier molecular flexibility index (Phi) is 6.96. The molecule has 2 aliphatic rings. The average molecular weight is 373 g/mol. The van der Waals surface area contributed by atoms with E-state index in [0.29, 0.717) is 25.7 Å². The van der Waals surface area contributed by atoms with Crippen LogP contribution in [0.15, 0.2) is 23.2 Å². The topological polar surface area (TPSA) is 74.8 Å². The van der Waals surface area contributed by atoms with Crippen LogP contribution >= 0.6 is 0 Å². The molecule has 0 aliphatic heterocycles. The number of amides is 1. The third-order valence-corrected chi connectivity index (χ3v) is 5.15. The minimum atomic E-state index is 0.174. The van der Waals surface area contributed by atoms with Crippen molar-refractivity contribution in [3.05, 3.63) is 29.3 Å². The van der Waals surface area contributed by atoms with Crippen molar-refractivity contribution >= 4 is 11.9 Å². The number of nitrogens with one attached hydrogen (secondary N) is 3. The molecule has 6 heteroatoms. The lowest BCUT2D eigenvalue weighted by Crippen LogP contribution is -2.41. The maximum atomic E-state index is 11.6. The van der Waals surface area contributed by atoms with E-state index in [2.05, 4.69) is 46.1 Å². The summed E-state index contributed by atoms with van der Waals surface area (Å²) in [4.78, 5) is 15.9. The summed E-state index contributed by atoms with van der Waals surface area (Å²) in [7, 11) is 1.75. The fraction of sp³-hybridized carbons (Fsp3) is 0.619. The van der Waals surface area contributed by atoms with Crippen LogP contribution < -0.4 is 20.7 Å². The quantitative estimate of drug-likeness (QED) is 0.372. The number of hydrogen-bond acceptors (Lipinski definition) is 3. The molecule has 2 aliphatic carbocycles. The number of ether oxygens (including phenoxy) is 1. The number of guanidine groups is 1. The van der Waals surface area contributed by atoms with Crippen molar-refractivity contribution in [2.45, 2.75) is 58.1 Å². The van der Waals surface area contributed by atoms with E-state index in [1.807, 2.05) is 0 Å². The van der Waals surface area contributed by atoms with Crippen LogP contribution in [-0.4, -0.2) is 38.1 Å². The summed E-state index contributed by atoms with van der Waals surface area (Å²) in [5, 5.41) is 9.53. The summed E-state index contributed by atoms with van der Waals surface area (Å²) < 4.78 is 6.26. The van der Waals surface area contributed by atoms with Crippen LogP contribution in [-0.2, 0) is 11.3 Å². The lowest BCUT2D eigenvalue weighted by molar-refractivity contribution is -0.122. The summed E-state index contributed by atoms with van der Waals surface area (Å²) >= 11 is 0. The van der Waals surface area contributed by atoms with Gasteiger partial charge in [0.05, 0.1) is 6.10 Å². The van der Waals surface area contributed by atoms with E-state index in [1.165, 1.54) is 18.4 Å². The molecule has 6 nitrogen and oxygen atoms in total. The van der Waals surface area contributed by atoms with Gasteiger partial charge in [-0.3, -0.25) is 9.79 Å². The Morgan fingerprint density at radius 2 is 1.85 bits per heavy atom. The highest BCUT2D eigenvalue weighted by Crippen LogP contribution is 2.29. The molecule has 2 saturated carbocycles. The normalized spacial score (nSPS) is 17.6. The van der Waals surface area contributed by atoms with Crippen molar-refractivity contribution in [3.63, 3.8) is 0 Å². The highest BCUT2D eigenvalue weighted by Gasteiger charge is 2.28. The van der Waals surface area contributed by atoms with Gasteiger partial charge in [0, 0.05) is 38.2 Å². The monoisotopic (exact) mass is 372 g/mol. The van der Waals surface area contributed by atoms with E-state index < -0.39 is 0 Å². The molecule has 0 radical (unpaired) electrons. The number of benzene rings is 1. The Morgan fingerprint density at radius 3 is 2.56 bits per heavy atom. The Hall–Kier alpha value is -2.24. The van der Waals surface area contributed by atoms with Crippen LogP contribution in [0.25, 0.3) is 0 Å². The molecule has 2 fully saturated rings. The van der Waals surface area contributed by atoms with Crippen molar-refractivity contribution in [3.8, 4) is 5.75 Å². The molecule has 27 heavy (non-hydrogen) atoms. The highest BCUT2D eigenvalue weighted by atomic mass is 16.5. The largest absolute Gasteiger partial charge is 0.490 e. The van der Waals surface area contributed by atoms with Gasteiger partial charge in [0.25, 0.3) is 0 Å². The number of rotatable bonds is 8. The van der Waals surface area contributed by atoms with Crippen LogP contribution in [0.3, 0.4) is 0 Å². The first-order valence-electron chi connectivity index (χ1n) is 10.1. The smallest absolute Gasteiger partial charge is 0.223 e. The zero-order valence-corrected chi connectivity index (χ0v) is 16.5. The van der Waals surface area contributed by atoms with Crippen molar-refractivity contribution in [1.29, 1.82) is 0 Å².